The van der Waals surface area contributed by atoms with Crippen LogP contribution in [0.4, 0.5) is 8.78 Å². The second-order valence-electron chi connectivity index (χ2n) is 4.01. The lowest BCUT2D eigenvalue weighted by Gasteiger charge is -2.04. The summed E-state index contributed by atoms with van der Waals surface area (Å²) in [5, 5.41) is 14.4. The number of carbonyl (C=O) groups is 1. The molecule has 0 radical (unpaired) electrons. The van der Waals surface area contributed by atoms with E-state index in [9.17, 15) is 22.0 Å². The van der Waals surface area contributed by atoms with Gasteiger partial charge in [-0.15, -0.1) is 0 Å². The first-order valence-corrected chi connectivity index (χ1v) is 7.07. The molecule has 2 N–H and O–H groups in total. The van der Waals surface area contributed by atoms with E-state index in [-0.39, 0.29) is 11.4 Å². The van der Waals surface area contributed by atoms with Crippen molar-refractivity contribution in [3.63, 3.8) is 0 Å². The Kier molecular flexibility index (Phi) is 3.30. The maximum atomic E-state index is 13.7. The summed E-state index contributed by atoms with van der Waals surface area (Å²) in [4.78, 5) is 10.3. The number of nitrogens with zero attached hydrogens (tertiary/aromatic N) is 1. The van der Waals surface area contributed by atoms with Crippen LogP contribution in [0.5, 0.6) is 0 Å². The Morgan fingerprint density at radius 2 is 1.95 bits per heavy atom. The quantitative estimate of drug-likeness (QED) is 0.836. The molecule has 0 atom stereocenters. The molecule has 0 bridgehead atoms. The highest BCUT2D eigenvalue weighted by atomic mass is 32.2. The molecule has 0 aliphatic carbocycles. The Morgan fingerprint density at radius 3 is 2.45 bits per heavy atom. The maximum Gasteiger partial charge on any atom is 0.353 e. The molecule has 0 fully saturated rings. The van der Waals surface area contributed by atoms with Crippen LogP contribution in [-0.4, -0.2) is 35.9 Å². The van der Waals surface area contributed by atoms with Crippen LogP contribution in [0.2, 0.25) is 0 Å². The van der Waals surface area contributed by atoms with Crippen molar-refractivity contribution < 1.29 is 27.1 Å². The Labute approximate surface area is 112 Å². The van der Waals surface area contributed by atoms with Crippen LogP contribution in [0.3, 0.4) is 0 Å². The third-order valence-corrected chi connectivity index (χ3v) is 3.61. The van der Waals surface area contributed by atoms with Crippen molar-refractivity contribution in [1.29, 1.82) is 0 Å². The molecule has 1 heterocycles. The molecule has 2 aromatic rings. The lowest BCUT2D eigenvalue weighted by atomic mass is 10.1. The van der Waals surface area contributed by atoms with Gasteiger partial charge in [-0.3, -0.25) is 5.10 Å². The molecule has 0 aliphatic heterocycles. The number of halogens is 2. The van der Waals surface area contributed by atoms with E-state index in [0.717, 1.165) is 18.4 Å². The van der Waals surface area contributed by atoms with Crippen LogP contribution in [0, 0.1) is 11.6 Å². The minimum Gasteiger partial charge on any atom is -0.477 e. The lowest BCUT2D eigenvalue weighted by molar-refractivity contribution is 0.0690. The molecule has 6 nitrogen and oxygen atoms in total. The SMILES string of the molecule is CS(=O)(=O)c1cc(F)c(F)c(-c2cc(C(=O)O)[nH]n2)c1. The highest BCUT2D eigenvalue weighted by molar-refractivity contribution is 7.90. The minimum absolute atomic E-state index is 0.204. The Morgan fingerprint density at radius 1 is 1.30 bits per heavy atom. The topological polar surface area (TPSA) is 100 Å². The summed E-state index contributed by atoms with van der Waals surface area (Å²) >= 11 is 0. The van der Waals surface area contributed by atoms with Crippen molar-refractivity contribution in [3.8, 4) is 11.3 Å². The number of rotatable bonds is 3. The molecule has 2 rings (SSSR count). The van der Waals surface area contributed by atoms with Crippen molar-refractivity contribution in [2.45, 2.75) is 4.90 Å². The number of carboxylic acids is 1. The number of hydrogen-bond acceptors (Lipinski definition) is 4. The molecule has 1 aromatic heterocycles. The molecule has 0 saturated carbocycles. The zero-order chi connectivity index (χ0) is 15.1. The molecule has 0 amide bonds. The molecular formula is C11H8F2N2O4S. The second-order valence-corrected chi connectivity index (χ2v) is 6.03. The van der Waals surface area contributed by atoms with Crippen LogP contribution >= 0.6 is 0 Å². The van der Waals surface area contributed by atoms with E-state index in [1.807, 2.05) is 0 Å². The van der Waals surface area contributed by atoms with Crippen LogP contribution < -0.4 is 0 Å². The fourth-order valence-electron chi connectivity index (χ4n) is 1.53. The zero-order valence-corrected chi connectivity index (χ0v) is 10.8. The third-order valence-electron chi connectivity index (χ3n) is 2.51. The highest BCUT2D eigenvalue weighted by Gasteiger charge is 2.20. The van der Waals surface area contributed by atoms with E-state index in [1.54, 1.807) is 0 Å². The van der Waals surface area contributed by atoms with Gasteiger partial charge in [-0.05, 0) is 18.2 Å². The van der Waals surface area contributed by atoms with Gasteiger partial charge in [0.05, 0.1) is 10.6 Å². The average molecular weight is 302 g/mol. The van der Waals surface area contributed by atoms with E-state index in [0.29, 0.717) is 6.07 Å². The number of benzene rings is 1. The molecule has 1 aromatic carbocycles. The lowest BCUT2D eigenvalue weighted by Crippen LogP contribution is -2.01. The van der Waals surface area contributed by atoms with Crippen LogP contribution in [0.15, 0.2) is 23.1 Å². The molecule has 0 aliphatic rings. The van der Waals surface area contributed by atoms with Gasteiger partial charge in [0.25, 0.3) is 0 Å². The number of carboxylic acid groups (broad SMARTS) is 1. The van der Waals surface area contributed by atoms with Crippen molar-refractivity contribution in [3.05, 3.63) is 35.5 Å². The molecule has 0 saturated heterocycles. The van der Waals surface area contributed by atoms with Crippen molar-refractivity contribution in [2.75, 3.05) is 6.26 Å². The molecule has 106 valence electrons. The summed E-state index contributed by atoms with van der Waals surface area (Å²) in [6.07, 6.45) is 0.844. The number of aromatic nitrogens is 2. The largest absolute Gasteiger partial charge is 0.477 e. The smallest absolute Gasteiger partial charge is 0.353 e. The number of aromatic carboxylic acids is 1. The molecule has 9 heteroatoms. The molecule has 0 spiro atoms. The number of sulfone groups is 1. The summed E-state index contributed by atoms with van der Waals surface area (Å²) in [6, 6.07) is 2.43. The number of nitrogens with one attached hydrogen (secondary N) is 1. The van der Waals surface area contributed by atoms with E-state index in [4.69, 9.17) is 5.11 Å². The predicted molar refractivity (Wildman–Crippen MR) is 64.0 cm³/mol. The summed E-state index contributed by atoms with van der Waals surface area (Å²) in [5.41, 5.74) is -0.969. The second kappa shape index (κ2) is 4.67. The summed E-state index contributed by atoms with van der Waals surface area (Å²) < 4.78 is 49.9. The van der Waals surface area contributed by atoms with E-state index >= 15 is 0 Å². The van der Waals surface area contributed by atoms with Crippen LogP contribution in [-0.2, 0) is 9.84 Å². The highest BCUT2D eigenvalue weighted by Crippen LogP contribution is 2.27. The fourth-order valence-corrected chi connectivity index (χ4v) is 2.18. The van der Waals surface area contributed by atoms with Gasteiger partial charge >= 0.3 is 5.97 Å². The minimum atomic E-state index is -3.74. The van der Waals surface area contributed by atoms with Gasteiger partial charge in [0, 0.05) is 11.8 Å². The van der Waals surface area contributed by atoms with Crippen LogP contribution in [0.25, 0.3) is 11.3 Å². The predicted octanol–water partition coefficient (Wildman–Crippen LogP) is 1.46. The standard InChI is InChI=1S/C11H8F2N2O4S/c1-20(18,19)5-2-6(10(13)7(12)3-5)8-4-9(11(16)17)15-14-8/h2-4H,1H3,(H,14,15)(H,16,17). The Hall–Kier alpha value is -2.29. The number of aromatic amines is 1. The normalized spacial score (nSPS) is 11.6. The van der Waals surface area contributed by atoms with Gasteiger partial charge in [-0.1, -0.05) is 0 Å². The maximum absolute atomic E-state index is 13.7. The Balaban J connectivity index is 2.66. The monoisotopic (exact) mass is 302 g/mol. The van der Waals surface area contributed by atoms with E-state index in [1.165, 1.54) is 0 Å². The molecule has 0 unspecified atom stereocenters. The van der Waals surface area contributed by atoms with Crippen molar-refractivity contribution >= 4 is 15.8 Å². The molecular weight excluding hydrogens is 294 g/mol. The first-order chi connectivity index (χ1) is 9.20. The van der Waals surface area contributed by atoms with Gasteiger partial charge in [0.2, 0.25) is 0 Å². The number of H-pyrrole nitrogens is 1. The van der Waals surface area contributed by atoms with Gasteiger partial charge in [0.15, 0.2) is 21.5 Å². The van der Waals surface area contributed by atoms with Gasteiger partial charge in [0.1, 0.15) is 5.69 Å². The first-order valence-electron chi connectivity index (χ1n) is 5.18. The van der Waals surface area contributed by atoms with E-state index in [2.05, 4.69) is 10.2 Å². The number of hydrogen-bond donors (Lipinski definition) is 2. The average Bonchev–Trinajstić information content (AvgIpc) is 2.80. The van der Waals surface area contributed by atoms with E-state index < -0.39 is 37.9 Å². The molecule has 20 heavy (non-hydrogen) atoms. The zero-order valence-electron chi connectivity index (χ0n) is 10.0. The van der Waals surface area contributed by atoms with Crippen molar-refractivity contribution in [1.82, 2.24) is 10.2 Å². The van der Waals surface area contributed by atoms with Gasteiger partial charge < -0.3 is 5.11 Å². The van der Waals surface area contributed by atoms with Gasteiger partial charge in [-0.25, -0.2) is 22.0 Å². The fraction of sp³-hybridized carbons (Fsp3) is 0.0909. The first kappa shape index (κ1) is 14.1. The van der Waals surface area contributed by atoms with Gasteiger partial charge in [-0.2, -0.15) is 5.10 Å². The Bertz CT molecular complexity index is 799. The summed E-state index contributed by atoms with van der Waals surface area (Å²) in [6.45, 7) is 0. The van der Waals surface area contributed by atoms with Crippen molar-refractivity contribution in [2.24, 2.45) is 0 Å². The third kappa shape index (κ3) is 2.52. The summed E-state index contributed by atoms with van der Waals surface area (Å²) in [7, 11) is -3.74. The van der Waals surface area contributed by atoms with Crippen LogP contribution in [0.1, 0.15) is 10.5 Å². The summed E-state index contributed by atoms with van der Waals surface area (Å²) in [5.74, 6) is -3.99.